The molecule has 0 saturated heterocycles. The number of aryl methyl sites for hydroxylation is 1. The third-order valence-electron chi connectivity index (χ3n) is 3.42. The number of hydrogen-bond donors (Lipinski definition) is 3. The van der Waals surface area contributed by atoms with Crippen molar-refractivity contribution in [3.63, 3.8) is 0 Å². The number of carboxylic acids is 1. The van der Waals surface area contributed by atoms with Crippen LogP contribution in [0.15, 0.2) is 18.2 Å². The lowest BCUT2D eigenvalue weighted by molar-refractivity contribution is -0.385. The van der Waals surface area contributed by atoms with Gasteiger partial charge in [-0.3, -0.25) is 10.1 Å². The molecule has 1 rings (SSSR count). The molecule has 1 amide bonds. The first-order valence-corrected chi connectivity index (χ1v) is 8.12. The van der Waals surface area contributed by atoms with E-state index >= 15 is 0 Å². The van der Waals surface area contributed by atoms with Gasteiger partial charge in [0, 0.05) is 6.07 Å². The molecule has 0 radical (unpaired) electrons. The molecule has 9 heteroatoms. The van der Waals surface area contributed by atoms with Gasteiger partial charge < -0.3 is 20.3 Å². The lowest BCUT2D eigenvalue weighted by atomic mass is 9.99. The van der Waals surface area contributed by atoms with Crippen LogP contribution < -0.4 is 5.32 Å². The molecule has 0 bridgehead atoms. The van der Waals surface area contributed by atoms with E-state index in [1.807, 2.05) is 20.8 Å². The van der Waals surface area contributed by atoms with Crippen molar-refractivity contribution in [2.75, 3.05) is 6.61 Å². The first-order chi connectivity index (χ1) is 12.0. The van der Waals surface area contributed by atoms with Crippen LogP contribution in [0.2, 0.25) is 0 Å². The molecule has 0 aromatic heterocycles. The fraction of sp³-hybridized carbons (Fsp3) is 0.529. The highest BCUT2D eigenvalue weighted by atomic mass is 16.6. The average Bonchev–Trinajstić information content (AvgIpc) is 2.52. The van der Waals surface area contributed by atoms with E-state index in [1.165, 1.54) is 18.2 Å². The normalized spacial score (nSPS) is 12.3. The van der Waals surface area contributed by atoms with E-state index in [0.29, 0.717) is 18.4 Å². The third kappa shape index (κ3) is 7.37. The standard InChI is InChI=1S/C17H24N2O7/c1-17(2,3)10-26-16(23)18-12(15(21)22)6-4-5-11-7-8-14(20)13(9-11)19(24)25/h7-9,12,20H,4-6,10H2,1-3H3,(H,18,23)(H,21,22)/t12-/m0/s1. The molecule has 3 N–H and O–H groups in total. The van der Waals surface area contributed by atoms with Gasteiger partial charge in [0.25, 0.3) is 0 Å². The second-order valence-electron chi connectivity index (χ2n) is 7.14. The van der Waals surface area contributed by atoms with E-state index in [1.54, 1.807) is 0 Å². The quantitative estimate of drug-likeness (QED) is 0.473. The summed E-state index contributed by atoms with van der Waals surface area (Å²) in [5, 5.41) is 31.7. The number of aliphatic carboxylic acids is 1. The number of nitro benzene ring substituents is 1. The van der Waals surface area contributed by atoms with Crippen LogP contribution in [0.1, 0.15) is 39.2 Å². The number of nitrogens with zero attached hydrogens (tertiary/aromatic N) is 1. The van der Waals surface area contributed by atoms with E-state index in [4.69, 9.17) is 4.74 Å². The lowest BCUT2D eigenvalue weighted by Gasteiger charge is -2.20. The number of nitrogens with one attached hydrogen (secondary N) is 1. The minimum Gasteiger partial charge on any atom is -0.502 e. The summed E-state index contributed by atoms with van der Waals surface area (Å²) in [5.41, 5.74) is -0.0426. The summed E-state index contributed by atoms with van der Waals surface area (Å²) in [4.78, 5) is 33.1. The average molecular weight is 368 g/mol. The Morgan fingerprint density at radius 3 is 2.54 bits per heavy atom. The third-order valence-corrected chi connectivity index (χ3v) is 3.42. The number of carbonyl (C=O) groups is 2. The van der Waals surface area contributed by atoms with Crippen molar-refractivity contribution in [2.45, 2.75) is 46.1 Å². The summed E-state index contributed by atoms with van der Waals surface area (Å²) in [6.45, 7) is 5.80. The predicted octanol–water partition coefficient (Wildman–Crippen LogP) is 2.85. The number of amides is 1. The molecule has 0 unspecified atom stereocenters. The van der Waals surface area contributed by atoms with Gasteiger partial charge in [-0.2, -0.15) is 0 Å². The Hall–Kier alpha value is -2.84. The number of alkyl carbamates (subject to hydrolysis) is 1. The van der Waals surface area contributed by atoms with Crippen LogP contribution in [0, 0.1) is 15.5 Å². The number of phenolic OH excluding ortho intramolecular Hbond substituents is 1. The lowest BCUT2D eigenvalue weighted by Crippen LogP contribution is -2.41. The number of ether oxygens (including phenoxy) is 1. The van der Waals surface area contributed by atoms with Crippen LogP contribution in [0.25, 0.3) is 0 Å². The number of hydrogen-bond acceptors (Lipinski definition) is 6. The van der Waals surface area contributed by atoms with E-state index in [-0.39, 0.29) is 18.4 Å². The van der Waals surface area contributed by atoms with Gasteiger partial charge in [0.05, 0.1) is 11.5 Å². The van der Waals surface area contributed by atoms with Gasteiger partial charge in [0.2, 0.25) is 0 Å². The number of carboxylic acid groups (broad SMARTS) is 1. The number of benzene rings is 1. The van der Waals surface area contributed by atoms with Crippen LogP contribution in [-0.4, -0.2) is 39.8 Å². The summed E-state index contributed by atoms with van der Waals surface area (Å²) in [7, 11) is 0. The number of nitro groups is 1. The van der Waals surface area contributed by atoms with Gasteiger partial charge in [0.15, 0.2) is 5.75 Å². The molecular weight excluding hydrogens is 344 g/mol. The van der Waals surface area contributed by atoms with Crippen LogP contribution in [0.5, 0.6) is 5.75 Å². The summed E-state index contributed by atoms with van der Waals surface area (Å²) in [6.07, 6.45) is 0.0732. The van der Waals surface area contributed by atoms with Gasteiger partial charge in [-0.25, -0.2) is 9.59 Å². The second kappa shape index (κ2) is 9.02. The highest BCUT2D eigenvalue weighted by molar-refractivity contribution is 5.79. The molecule has 0 saturated carbocycles. The Balaban J connectivity index is 2.56. The molecule has 144 valence electrons. The minimum absolute atomic E-state index is 0.134. The Kier molecular flexibility index (Phi) is 7.36. The number of aromatic hydroxyl groups is 1. The van der Waals surface area contributed by atoms with Crippen LogP contribution in [0.4, 0.5) is 10.5 Å². The van der Waals surface area contributed by atoms with Crippen molar-refractivity contribution < 1.29 is 29.5 Å². The molecule has 0 fully saturated rings. The van der Waals surface area contributed by atoms with Gasteiger partial charge in [0.1, 0.15) is 6.04 Å². The Morgan fingerprint density at radius 2 is 2.00 bits per heavy atom. The van der Waals surface area contributed by atoms with Crippen LogP contribution in [-0.2, 0) is 16.0 Å². The zero-order chi connectivity index (χ0) is 19.9. The molecule has 0 heterocycles. The van der Waals surface area contributed by atoms with E-state index < -0.39 is 34.5 Å². The van der Waals surface area contributed by atoms with Crippen molar-refractivity contribution in [3.05, 3.63) is 33.9 Å². The van der Waals surface area contributed by atoms with Crippen LogP contribution in [0.3, 0.4) is 0 Å². The van der Waals surface area contributed by atoms with Crippen molar-refractivity contribution >= 4 is 17.7 Å². The molecular formula is C17H24N2O7. The van der Waals surface area contributed by atoms with Crippen molar-refractivity contribution in [3.8, 4) is 5.75 Å². The maximum Gasteiger partial charge on any atom is 0.407 e. The van der Waals surface area contributed by atoms with Gasteiger partial charge in [-0.15, -0.1) is 0 Å². The molecule has 9 nitrogen and oxygen atoms in total. The zero-order valence-corrected chi connectivity index (χ0v) is 15.0. The van der Waals surface area contributed by atoms with Crippen molar-refractivity contribution in [2.24, 2.45) is 5.41 Å². The van der Waals surface area contributed by atoms with Crippen molar-refractivity contribution in [1.29, 1.82) is 0 Å². The van der Waals surface area contributed by atoms with Gasteiger partial charge in [-0.05, 0) is 36.3 Å². The fourth-order valence-corrected chi connectivity index (χ4v) is 2.10. The maximum atomic E-state index is 11.7. The largest absolute Gasteiger partial charge is 0.502 e. The van der Waals surface area contributed by atoms with E-state index in [0.717, 1.165) is 0 Å². The Labute approximate surface area is 151 Å². The molecule has 0 spiro atoms. The Morgan fingerprint density at radius 1 is 1.35 bits per heavy atom. The molecule has 0 aliphatic rings. The predicted molar refractivity (Wildman–Crippen MR) is 93.1 cm³/mol. The fourth-order valence-electron chi connectivity index (χ4n) is 2.10. The molecule has 0 aliphatic carbocycles. The first kappa shape index (κ1) is 21.2. The van der Waals surface area contributed by atoms with Crippen LogP contribution >= 0.6 is 0 Å². The monoisotopic (exact) mass is 368 g/mol. The summed E-state index contributed by atoms with van der Waals surface area (Å²) in [6, 6.07) is 2.89. The molecule has 1 aromatic carbocycles. The number of phenols is 1. The van der Waals surface area contributed by atoms with E-state index in [9.17, 15) is 29.9 Å². The van der Waals surface area contributed by atoms with Crippen molar-refractivity contribution in [1.82, 2.24) is 5.32 Å². The SMILES string of the molecule is CC(C)(C)COC(=O)N[C@@H](CCCc1ccc(O)c([N+](=O)[O-])c1)C(=O)O. The summed E-state index contributed by atoms with van der Waals surface area (Å²) >= 11 is 0. The Bertz CT molecular complexity index is 668. The zero-order valence-electron chi connectivity index (χ0n) is 15.0. The van der Waals surface area contributed by atoms with Gasteiger partial charge >= 0.3 is 17.7 Å². The van der Waals surface area contributed by atoms with E-state index in [2.05, 4.69) is 5.32 Å². The number of rotatable bonds is 8. The first-order valence-electron chi connectivity index (χ1n) is 8.12. The highest BCUT2D eigenvalue weighted by Crippen LogP contribution is 2.27. The maximum absolute atomic E-state index is 11.7. The minimum atomic E-state index is -1.19. The highest BCUT2D eigenvalue weighted by Gasteiger charge is 2.22. The topological polar surface area (TPSA) is 139 Å². The van der Waals surface area contributed by atoms with Gasteiger partial charge in [-0.1, -0.05) is 26.8 Å². The summed E-state index contributed by atoms with van der Waals surface area (Å²) in [5.74, 6) is -1.61. The smallest absolute Gasteiger partial charge is 0.407 e. The second-order valence-corrected chi connectivity index (χ2v) is 7.14. The summed E-state index contributed by atoms with van der Waals surface area (Å²) < 4.78 is 4.99. The molecule has 1 aromatic rings. The molecule has 26 heavy (non-hydrogen) atoms. The molecule has 1 atom stereocenters. The number of carbonyl (C=O) groups excluding carboxylic acids is 1. The molecule has 0 aliphatic heterocycles.